The van der Waals surface area contributed by atoms with Gasteiger partial charge in [0.05, 0.1) is 5.69 Å². The Balaban J connectivity index is 1.73. The lowest BCUT2D eigenvalue weighted by Gasteiger charge is -2.37. The van der Waals surface area contributed by atoms with E-state index in [4.69, 9.17) is 4.42 Å². The molecule has 0 aliphatic heterocycles. The number of hydrogen-bond acceptors (Lipinski definition) is 3. The third-order valence-electron chi connectivity index (χ3n) is 3.90. The smallest absolute Gasteiger partial charge is 0.289 e. The molecule has 2 atom stereocenters. The number of oxazole rings is 1. The molecule has 0 saturated heterocycles. The number of aromatic nitrogens is 1. The highest BCUT2D eigenvalue weighted by atomic mass is 19.1. The molecule has 1 amide bonds. The van der Waals surface area contributed by atoms with E-state index in [0.717, 1.165) is 18.9 Å². The number of aryl methyl sites for hydroxylation is 1. The molecule has 21 heavy (non-hydrogen) atoms. The summed E-state index contributed by atoms with van der Waals surface area (Å²) in [7, 11) is 0. The van der Waals surface area contributed by atoms with Gasteiger partial charge in [-0.25, -0.2) is 13.8 Å². The zero-order valence-electron chi connectivity index (χ0n) is 11.4. The summed E-state index contributed by atoms with van der Waals surface area (Å²) in [5.74, 6) is -1.51. The minimum atomic E-state index is -0.603. The number of amides is 1. The zero-order chi connectivity index (χ0) is 15.0. The number of rotatable bonds is 3. The maximum absolute atomic E-state index is 13.8. The quantitative estimate of drug-likeness (QED) is 0.946. The average molecular weight is 292 g/mol. The van der Waals surface area contributed by atoms with Gasteiger partial charge in [0.15, 0.2) is 6.39 Å². The Morgan fingerprint density at radius 1 is 1.38 bits per heavy atom. The van der Waals surface area contributed by atoms with E-state index < -0.39 is 11.6 Å². The third-order valence-corrected chi connectivity index (χ3v) is 3.90. The number of hydrogen-bond donors (Lipinski definition) is 1. The molecular formula is C15H14F2N2O2. The van der Waals surface area contributed by atoms with E-state index in [9.17, 15) is 13.6 Å². The molecule has 3 rings (SSSR count). The van der Waals surface area contributed by atoms with Gasteiger partial charge in [-0.2, -0.15) is 0 Å². The first-order valence-corrected chi connectivity index (χ1v) is 6.72. The Kier molecular flexibility index (Phi) is 3.45. The van der Waals surface area contributed by atoms with Crippen LogP contribution >= 0.6 is 0 Å². The van der Waals surface area contributed by atoms with Gasteiger partial charge < -0.3 is 9.73 Å². The lowest BCUT2D eigenvalue weighted by molar-refractivity contribution is 0.0874. The average Bonchev–Trinajstić information content (AvgIpc) is 2.84. The van der Waals surface area contributed by atoms with Gasteiger partial charge in [-0.3, -0.25) is 4.79 Å². The van der Waals surface area contributed by atoms with Crippen LogP contribution in [0.2, 0.25) is 0 Å². The van der Waals surface area contributed by atoms with Gasteiger partial charge in [-0.1, -0.05) is 6.07 Å². The number of halogens is 2. The fourth-order valence-corrected chi connectivity index (χ4v) is 2.60. The van der Waals surface area contributed by atoms with Gasteiger partial charge in [0.1, 0.15) is 11.6 Å². The number of nitrogens with zero attached hydrogens (tertiary/aromatic N) is 1. The number of nitrogens with one attached hydrogen (secondary N) is 1. The van der Waals surface area contributed by atoms with Crippen LogP contribution in [0.15, 0.2) is 29.0 Å². The maximum Gasteiger partial charge on any atom is 0.289 e. The van der Waals surface area contributed by atoms with Crippen molar-refractivity contribution in [2.24, 2.45) is 0 Å². The summed E-state index contributed by atoms with van der Waals surface area (Å²) in [6, 6.07) is 3.36. The zero-order valence-corrected chi connectivity index (χ0v) is 11.4. The van der Waals surface area contributed by atoms with Gasteiger partial charge in [0.25, 0.3) is 5.91 Å². The highest BCUT2D eigenvalue weighted by Gasteiger charge is 2.35. The molecule has 0 radical (unpaired) electrons. The van der Waals surface area contributed by atoms with Crippen LogP contribution in [-0.4, -0.2) is 16.9 Å². The van der Waals surface area contributed by atoms with Gasteiger partial charge in [0.2, 0.25) is 5.76 Å². The third kappa shape index (κ3) is 2.53. The molecule has 0 spiro atoms. The number of benzene rings is 1. The molecule has 6 heteroatoms. The van der Waals surface area contributed by atoms with Crippen LogP contribution in [0.5, 0.6) is 0 Å². The summed E-state index contributed by atoms with van der Waals surface area (Å²) in [5, 5.41) is 2.82. The van der Waals surface area contributed by atoms with Crippen molar-refractivity contribution < 1.29 is 18.0 Å². The molecule has 4 nitrogen and oxygen atoms in total. The fraction of sp³-hybridized carbons (Fsp3) is 0.333. The Labute approximate surface area is 120 Å². The molecule has 1 N–H and O–H groups in total. The standard InChI is InChI=1S/C15H14F2N2O2/c1-8-14(21-7-18-8)15(20)19-13-5-4-11(13)10-3-2-9(16)6-12(10)17/h2-3,6-7,11,13H,4-5H2,1H3,(H,19,20)/t11-,13-/m0/s1. The Morgan fingerprint density at radius 3 is 2.76 bits per heavy atom. The van der Waals surface area contributed by atoms with E-state index in [1.165, 1.54) is 18.5 Å². The predicted molar refractivity (Wildman–Crippen MR) is 70.8 cm³/mol. The van der Waals surface area contributed by atoms with Crippen molar-refractivity contribution in [3.63, 3.8) is 0 Å². The topological polar surface area (TPSA) is 55.1 Å². The van der Waals surface area contributed by atoms with Crippen LogP contribution in [0.25, 0.3) is 0 Å². The molecule has 1 aliphatic rings. The number of carbonyl (C=O) groups is 1. The van der Waals surface area contributed by atoms with Crippen molar-refractivity contribution in [2.45, 2.75) is 31.7 Å². The molecule has 0 bridgehead atoms. The normalized spacial score (nSPS) is 20.9. The monoisotopic (exact) mass is 292 g/mol. The first-order valence-electron chi connectivity index (χ1n) is 6.72. The first kappa shape index (κ1) is 13.7. The van der Waals surface area contributed by atoms with Crippen molar-refractivity contribution in [3.05, 3.63) is 53.2 Å². The lowest BCUT2D eigenvalue weighted by atomic mass is 9.74. The van der Waals surface area contributed by atoms with E-state index in [1.807, 2.05) is 0 Å². The second-order valence-corrected chi connectivity index (χ2v) is 5.20. The summed E-state index contributed by atoms with van der Waals surface area (Å²) in [6.07, 6.45) is 2.71. The second kappa shape index (κ2) is 5.27. The van der Waals surface area contributed by atoms with Crippen molar-refractivity contribution in [2.75, 3.05) is 0 Å². The van der Waals surface area contributed by atoms with Crippen LogP contribution in [0, 0.1) is 18.6 Å². The van der Waals surface area contributed by atoms with Gasteiger partial charge in [-0.05, 0) is 31.4 Å². The predicted octanol–water partition coefficient (Wildman–Crippen LogP) is 2.94. The van der Waals surface area contributed by atoms with E-state index in [2.05, 4.69) is 10.3 Å². The highest BCUT2D eigenvalue weighted by molar-refractivity contribution is 5.92. The van der Waals surface area contributed by atoms with E-state index >= 15 is 0 Å². The molecule has 1 fully saturated rings. The molecular weight excluding hydrogens is 278 g/mol. The Morgan fingerprint density at radius 2 is 2.19 bits per heavy atom. The molecule has 1 saturated carbocycles. The molecule has 2 aromatic rings. The molecule has 1 heterocycles. The minimum absolute atomic E-state index is 0.141. The highest BCUT2D eigenvalue weighted by Crippen LogP contribution is 2.38. The minimum Gasteiger partial charge on any atom is -0.438 e. The Hall–Kier alpha value is -2.24. The van der Waals surface area contributed by atoms with E-state index in [1.54, 1.807) is 6.92 Å². The molecule has 1 aliphatic carbocycles. The van der Waals surface area contributed by atoms with Crippen LogP contribution < -0.4 is 5.32 Å². The summed E-state index contributed by atoms with van der Waals surface area (Å²) in [5.41, 5.74) is 0.943. The maximum atomic E-state index is 13.8. The van der Waals surface area contributed by atoms with E-state index in [0.29, 0.717) is 11.3 Å². The van der Waals surface area contributed by atoms with Gasteiger partial charge in [-0.15, -0.1) is 0 Å². The van der Waals surface area contributed by atoms with Crippen LogP contribution in [0.4, 0.5) is 8.78 Å². The van der Waals surface area contributed by atoms with Gasteiger partial charge in [0, 0.05) is 18.0 Å². The SMILES string of the molecule is Cc1ncoc1C(=O)N[C@H]1CC[C@H]1c1ccc(F)cc1F. The molecule has 0 unspecified atom stereocenters. The van der Waals surface area contributed by atoms with Crippen LogP contribution in [-0.2, 0) is 0 Å². The van der Waals surface area contributed by atoms with Crippen molar-refractivity contribution in [1.29, 1.82) is 0 Å². The first-order chi connectivity index (χ1) is 10.1. The molecule has 110 valence electrons. The number of carbonyl (C=O) groups excluding carboxylic acids is 1. The lowest BCUT2D eigenvalue weighted by Crippen LogP contribution is -2.45. The molecule has 1 aromatic heterocycles. The van der Waals surface area contributed by atoms with Crippen LogP contribution in [0.1, 0.15) is 40.6 Å². The summed E-state index contributed by atoms with van der Waals surface area (Å²) < 4.78 is 31.8. The van der Waals surface area contributed by atoms with Crippen molar-refractivity contribution in [3.8, 4) is 0 Å². The van der Waals surface area contributed by atoms with Crippen LogP contribution in [0.3, 0.4) is 0 Å². The van der Waals surface area contributed by atoms with Crippen molar-refractivity contribution in [1.82, 2.24) is 10.3 Å². The summed E-state index contributed by atoms with van der Waals surface area (Å²) in [4.78, 5) is 15.9. The van der Waals surface area contributed by atoms with Gasteiger partial charge >= 0.3 is 0 Å². The van der Waals surface area contributed by atoms with Crippen molar-refractivity contribution >= 4 is 5.91 Å². The summed E-state index contributed by atoms with van der Waals surface area (Å²) in [6.45, 7) is 1.68. The fourth-order valence-electron chi connectivity index (χ4n) is 2.60. The van der Waals surface area contributed by atoms with E-state index in [-0.39, 0.29) is 23.6 Å². The second-order valence-electron chi connectivity index (χ2n) is 5.20. The summed E-state index contributed by atoms with van der Waals surface area (Å²) >= 11 is 0. The Bertz CT molecular complexity index is 684. The molecule has 1 aromatic carbocycles. The largest absolute Gasteiger partial charge is 0.438 e.